The van der Waals surface area contributed by atoms with Gasteiger partial charge in [-0.2, -0.15) is 13.2 Å². The van der Waals surface area contributed by atoms with E-state index in [1.165, 1.54) is 0 Å². The number of rotatable bonds is 6. The summed E-state index contributed by atoms with van der Waals surface area (Å²) >= 11 is 0. The molecule has 0 spiro atoms. The van der Waals surface area contributed by atoms with Crippen LogP contribution in [-0.2, 0) is 4.74 Å². The molecule has 0 aliphatic rings. The smallest absolute Gasteiger partial charge is 0.384 e. The summed E-state index contributed by atoms with van der Waals surface area (Å²) in [5.41, 5.74) is 0. The molecule has 0 heterocycles. The van der Waals surface area contributed by atoms with E-state index >= 15 is 0 Å². The van der Waals surface area contributed by atoms with Crippen molar-refractivity contribution < 1.29 is 23.0 Å². The normalized spacial score (nSPS) is 14.5. The Labute approximate surface area is 75.7 Å². The van der Waals surface area contributed by atoms with Gasteiger partial charge in [-0.05, 0) is 19.3 Å². The van der Waals surface area contributed by atoms with E-state index in [0.29, 0.717) is 6.61 Å². The van der Waals surface area contributed by atoms with Crippen LogP contribution in [0.1, 0.15) is 26.2 Å². The van der Waals surface area contributed by atoms with Gasteiger partial charge in [-0.15, -0.1) is 0 Å². The fraction of sp³-hybridized carbons (Fsp3) is 1.00. The highest BCUT2D eigenvalue weighted by atomic mass is 19.4. The first-order valence-electron chi connectivity index (χ1n) is 4.31. The predicted molar refractivity (Wildman–Crippen MR) is 42.4 cm³/mol. The van der Waals surface area contributed by atoms with Gasteiger partial charge >= 0.3 is 6.18 Å². The molecule has 0 radical (unpaired) electrons. The van der Waals surface area contributed by atoms with Crippen LogP contribution in [-0.4, -0.2) is 30.6 Å². The van der Waals surface area contributed by atoms with E-state index < -0.39 is 12.3 Å². The highest BCUT2D eigenvalue weighted by Gasteiger charge is 2.37. The Morgan fingerprint density at radius 2 is 1.92 bits per heavy atom. The quantitative estimate of drug-likeness (QED) is 0.665. The molecule has 0 aromatic heterocycles. The van der Waals surface area contributed by atoms with Crippen molar-refractivity contribution in [3.8, 4) is 0 Å². The van der Waals surface area contributed by atoms with E-state index in [-0.39, 0.29) is 19.4 Å². The van der Waals surface area contributed by atoms with Crippen LogP contribution in [0.5, 0.6) is 0 Å². The van der Waals surface area contributed by atoms with Gasteiger partial charge in [0.25, 0.3) is 0 Å². The number of aliphatic hydroxyl groups is 1. The van der Waals surface area contributed by atoms with Gasteiger partial charge in [-0.1, -0.05) is 6.92 Å². The Morgan fingerprint density at radius 3 is 2.38 bits per heavy atom. The monoisotopic (exact) mass is 200 g/mol. The van der Waals surface area contributed by atoms with E-state index in [0.717, 1.165) is 6.42 Å². The third-order valence-corrected chi connectivity index (χ3v) is 1.49. The molecule has 5 heteroatoms. The summed E-state index contributed by atoms with van der Waals surface area (Å²) in [6.07, 6.45) is -5.90. The number of halogens is 3. The minimum Gasteiger partial charge on any atom is -0.384 e. The second-order valence-electron chi connectivity index (χ2n) is 2.81. The summed E-state index contributed by atoms with van der Waals surface area (Å²) in [6, 6.07) is 0. The fourth-order valence-corrected chi connectivity index (χ4v) is 0.789. The maximum atomic E-state index is 11.7. The molecule has 0 unspecified atom stereocenters. The minimum atomic E-state index is -4.50. The number of aliphatic hydroxyl groups excluding tert-OH is 1. The van der Waals surface area contributed by atoms with Crippen LogP contribution in [0.25, 0.3) is 0 Å². The van der Waals surface area contributed by atoms with E-state index in [4.69, 9.17) is 9.84 Å². The number of ether oxygens (including phenoxy) is 1. The van der Waals surface area contributed by atoms with Crippen molar-refractivity contribution in [2.75, 3.05) is 13.2 Å². The van der Waals surface area contributed by atoms with Gasteiger partial charge in [0.1, 0.15) is 6.10 Å². The zero-order chi connectivity index (χ0) is 10.3. The molecule has 13 heavy (non-hydrogen) atoms. The highest BCUT2D eigenvalue weighted by Crippen LogP contribution is 2.22. The van der Waals surface area contributed by atoms with E-state index in [1.54, 1.807) is 0 Å². The van der Waals surface area contributed by atoms with Crippen LogP contribution in [0, 0.1) is 0 Å². The Hall–Kier alpha value is -0.290. The summed E-state index contributed by atoms with van der Waals surface area (Å²) in [6.45, 7) is 2.76. The van der Waals surface area contributed by atoms with Gasteiger partial charge < -0.3 is 9.84 Å². The van der Waals surface area contributed by atoms with Crippen LogP contribution in [0.15, 0.2) is 0 Å². The minimum absolute atomic E-state index is 0.237. The third kappa shape index (κ3) is 6.83. The van der Waals surface area contributed by atoms with Crippen molar-refractivity contribution in [2.24, 2.45) is 0 Å². The van der Waals surface area contributed by atoms with Gasteiger partial charge in [0.2, 0.25) is 0 Å². The Morgan fingerprint density at radius 1 is 1.31 bits per heavy atom. The molecular weight excluding hydrogens is 185 g/mol. The lowest BCUT2D eigenvalue weighted by molar-refractivity contribution is -0.206. The molecule has 0 aliphatic heterocycles. The standard InChI is InChI=1S/C8H15F3O2/c1-2-5-13-6-3-4-7(12)8(9,10)11/h7,12H,2-6H2,1H3/t7-/m1/s1. The van der Waals surface area contributed by atoms with Gasteiger partial charge in [0, 0.05) is 13.2 Å². The Balaban J connectivity index is 3.32. The van der Waals surface area contributed by atoms with Crippen molar-refractivity contribution in [1.82, 2.24) is 0 Å². The lowest BCUT2D eigenvalue weighted by Gasteiger charge is -2.13. The SMILES string of the molecule is CCCOCCC[C@@H](O)C(F)(F)F. The first kappa shape index (κ1) is 12.7. The third-order valence-electron chi connectivity index (χ3n) is 1.49. The van der Waals surface area contributed by atoms with Crippen LogP contribution in [0.2, 0.25) is 0 Å². The van der Waals surface area contributed by atoms with Crippen molar-refractivity contribution >= 4 is 0 Å². The van der Waals surface area contributed by atoms with E-state index in [9.17, 15) is 13.2 Å². The second-order valence-corrected chi connectivity index (χ2v) is 2.81. The highest BCUT2D eigenvalue weighted by molar-refractivity contribution is 4.64. The molecule has 0 aliphatic carbocycles. The van der Waals surface area contributed by atoms with Crippen LogP contribution < -0.4 is 0 Å². The molecule has 1 atom stereocenters. The molecule has 0 saturated heterocycles. The van der Waals surface area contributed by atoms with Crippen molar-refractivity contribution in [1.29, 1.82) is 0 Å². The molecule has 0 bridgehead atoms. The van der Waals surface area contributed by atoms with E-state index in [2.05, 4.69) is 0 Å². The molecule has 0 rings (SSSR count). The molecule has 0 aromatic carbocycles. The molecular formula is C8H15F3O2. The van der Waals surface area contributed by atoms with Gasteiger partial charge in [0.15, 0.2) is 0 Å². The van der Waals surface area contributed by atoms with Crippen LogP contribution in [0.3, 0.4) is 0 Å². The van der Waals surface area contributed by atoms with Crippen molar-refractivity contribution in [3.05, 3.63) is 0 Å². The average molecular weight is 200 g/mol. The summed E-state index contributed by atoms with van der Waals surface area (Å²) in [5, 5.41) is 8.56. The first-order valence-corrected chi connectivity index (χ1v) is 4.31. The van der Waals surface area contributed by atoms with Crippen LogP contribution >= 0.6 is 0 Å². The average Bonchev–Trinajstić information content (AvgIpc) is 2.02. The van der Waals surface area contributed by atoms with Crippen molar-refractivity contribution in [2.45, 2.75) is 38.5 Å². The molecule has 80 valence electrons. The van der Waals surface area contributed by atoms with Gasteiger partial charge in [-0.25, -0.2) is 0 Å². The second kappa shape index (κ2) is 6.21. The zero-order valence-electron chi connectivity index (χ0n) is 7.60. The number of hydrogen-bond acceptors (Lipinski definition) is 2. The van der Waals surface area contributed by atoms with Crippen LogP contribution in [0.4, 0.5) is 13.2 Å². The molecule has 1 N–H and O–H groups in total. The summed E-state index contributed by atoms with van der Waals surface area (Å²) < 4.78 is 40.2. The molecule has 0 amide bonds. The largest absolute Gasteiger partial charge is 0.414 e. The maximum Gasteiger partial charge on any atom is 0.414 e. The number of hydrogen-bond donors (Lipinski definition) is 1. The van der Waals surface area contributed by atoms with Crippen molar-refractivity contribution in [3.63, 3.8) is 0 Å². The summed E-state index contributed by atoms with van der Waals surface area (Å²) in [5.74, 6) is 0. The zero-order valence-corrected chi connectivity index (χ0v) is 7.60. The number of alkyl halides is 3. The lowest BCUT2D eigenvalue weighted by Crippen LogP contribution is -2.28. The van der Waals surface area contributed by atoms with Gasteiger partial charge in [-0.3, -0.25) is 0 Å². The lowest BCUT2D eigenvalue weighted by atomic mass is 10.2. The molecule has 0 saturated carbocycles. The fourth-order valence-electron chi connectivity index (χ4n) is 0.789. The molecule has 0 fully saturated rings. The van der Waals surface area contributed by atoms with E-state index in [1.807, 2.05) is 6.92 Å². The summed E-state index contributed by atoms with van der Waals surface area (Å²) in [4.78, 5) is 0. The van der Waals surface area contributed by atoms with Gasteiger partial charge in [0.05, 0.1) is 0 Å². The first-order chi connectivity index (χ1) is 5.98. The predicted octanol–water partition coefficient (Wildman–Crippen LogP) is 2.12. The Kier molecular flexibility index (Phi) is 6.07. The molecule has 0 aromatic rings. The molecule has 2 nitrogen and oxygen atoms in total. The topological polar surface area (TPSA) is 29.5 Å². The Bertz CT molecular complexity index is 125. The maximum absolute atomic E-state index is 11.7. The summed E-state index contributed by atoms with van der Waals surface area (Å²) in [7, 11) is 0.